The van der Waals surface area contributed by atoms with Crippen LogP contribution in [0.3, 0.4) is 0 Å². The summed E-state index contributed by atoms with van der Waals surface area (Å²) >= 11 is 0. The van der Waals surface area contributed by atoms with Gasteiger partial charge in [-0.3, -0.25) is 0 Å². The quantitative estimate of drug-likeness (QED) is 0.271. The number of carbonyl (C=O) groups is 1. The van der Waals surface area contributed by atoms with E-state index < -0.39 is 5.54 Å². The van der Waals surface area contributed by atoms with Crippen LogP contribution in [0.1, 0.15) is 57.8 Å². The van der Waals surface area contributed by atoms with Crippen molar-refractivity contribution in [3.05, 3.63) is 0 Å². The van der Waals surface area contributed by atoms with E-state index in [1.54, 1.807) is 0 Å². The zero-order chi connectivity index (χ0) is 13.7. The molecular formula is C13H24N4O2. The number of urea groups is 1. The molecule has 6 nitrogen and oxygen atoms in total. The summed E-state index contributed by atoms with van der Waals surface area (Å²) < 4.78 is 0. The van der Waals surface area contributed by atoms with E-state index >= 15 is 0 Å². The van der Waals surface area contributed by atoms with Gasteiger partial charge in [0.15, 0.2) is 5.84 Å². The van der Waals surface area contributed by atoms with E-state index in [4.69, 9.17) is 10.9 Å². The van der Waals surface area contributed by atoms with Gasteiger partial charge in [0.2, 0.25) is 0 Å². The van der Waals surface area contributed by atoms with Crippen molar-refractivity contribution in [2.24, 2.45) is 10.9 Å². The van der Waals surface area contributed by atoms with Crippen LogP contribution < -0.4 is 16.4 Å². The average Bonchev–Trinajstić information content (AvgIpc) is 3.15. The summed E-state index contributed by atoms with van der Waals surface area (Å²) in [5.41, 5.74) is 5.17. The lowest BCUT2D eigenvalue weighted by Crippen LogP contribution is -2.60. The fourth-order valence-electron chi connectivity index (χ4n) is 2.72. The number of nitrogens with two attached hydrogens (primary N) is 1. The molecule has 0 spiro atoms. The Kier molecular flexibility index (Phi) is 4.50. The summed E-state index contributed by atoms with van der Waals surface area (Å²) in [6.07, 6.45) is 9.02. The smallest absolute Gasteiger partial charge is 0.315 e. The number of oxime groups is 1. The largest absolute Gasteiger partial charge is 0.409 e. The van der Waals surface area contributed by atoms with Crippen molar-refractivity contribution in [1.82, 2.24) is 10.6 Å². The van der Waals surface area contributed by atoms with E-state index in [9.17, 15) is 4.79 Å². The maximum atomic E-state index is 12.0. The third kappa shape index (κ3) is 3.75. The first-order chi connectivity index (χ1) is 9.16. The van der Waals surface area contributed by atoms with Crippen LogP contribution in [-0.2, 0) is 0 Å². The molecule has 0 saturated heterocycles. The second-order valence-corrected chi connectivity index (χ2v) is 5.71. The topological polar surface area (TPSA) is 99.7 Å². The Morgan fingerprint density at radius 3 is 2.26 bits per heavy atom. The molecule has 0 heterocycles. The Morgan fingerprint density at radius 1 is 1.16 bits per heavy atom. The van der Waals surface area contributed by atoms with Gasteiger partial charge in [0.1, 0.15) is 5.54 Å². The molecule has 2 fully saturated rings. The third-order valence-corrected chi connectivity index (χ3v) is 4.07. The Morgan fingerprint density at radius 2 is 1.74 bits per heavy atom. The molecule has 19 heavy (non-hydrogen) atoms. The molecule has 2 amide bonds. The highest BCUT2D eigenvalue weighted by atomic mass is 16.4. The molecule has 0 radical (unpaired) electrons. The number of amides is 2. The van der Waals surface area contributed by atoms with Crippen molar-refractivity contribution in [3.63, 3.8) is 0 Å². The summed E-state index contributed by atoms with van der Waals surface area (Å²) in [5.74, 6) is 0.125. The van der Waals surface area contributed by atoms with Gasteiger partial charge in [0, 0.05) is 6.04 Å². The lowest BCUT2D eigenvalue weighted by molar-refractivity contribution is 0.224. The van der Waals surface area contributed by atoms with E-state index in [0.717, 1.165) is 51.4 Å². The zero-order valence-electron chi connectivity index (χ0n) is 11.3. The Balaban J connectivity index is 2.04. The lowest BCUT2D eigenvalue weighted by atomic mass is 9.83. The summed E-state index contributed by atoms with van der Waals surface area (Å²) in [6.45, 7) is 0. The van der Waals surface area contributed by atoms with Crippen molar-refractivity contribution in [2.45, 2.75) is 69.4 Å². The summed E-state index contributed by atoms with van der Waals surface area (Å²) in [7, 11) is 0. The molecule has 2 aliphatic carbocycles. The number of nitrogens with zero attached hydrogens (tertiary/aromatic N) is 1. The Labute approximate surface area is 113 Å². The van der Waals surface area contributed by atoms with Crippen LogP contribution in [0.2, 0.25) is 0 Å². The minimum Gasteiger partial charge on any atom is -0.409 e. The highest BCUT2D eigenvalue weighted by Crippen LogP contribution is 2.27. The number of nitrogens with one attached hydrogen (secondary N) is 2. The zero-order valence-corrected chi connectivity index (χ0v) is 11.3. The van der Waals surface area contributed by atoms with Crippen molar-refractivity contribution in [1.29, 1.82) is 0 Å². The van der Waals surface area contributed by atoms with Crippen LogP contribution in [0.15, 0.2) is 5.16 Å². The van der Waals surface area contributed by atoms with Gasteiger partial charge in [-0.05, 0) is 25.7 Å². The highest BCUT2D eigenvalue weighted by Gasteiger charge is 2.37. The molecule has 0 aromatic heterocycles. The summed E-state index contributed by atoms with van der Waals surface area (Å²) in [4.78, 5) is 12.0. The first-order valence-electron chi connectivity index (χ1n) is 7.23. The van der Waals surface area contributed by atoms with Gasteiger partial charge in [0.05, 0.1) is 0 Å². The minimum atomic E-state index is -0.686. The van der Waals surface area contributed by atoms with Gasteiger partial charge in [-0.15, -0.1) is 0 Å². The Bertz CT molecular complexity index is 345. The van der Waals surface area contributed by atoms with Gasteiger partial charge < -0.3 is 21.6 Å². The van der Waals surface area contributed by atoms with Crippen molar-refractivity contribution in [3.8, 4) is 0 Å². The first kappa shape index (κ1) is 14.0. The molecular weight excluding hydrogens is 244 g/mol. The number of hydrogen-bond acceptors (Lipinski definition) is 3. The van der Waals surface area contributed by atoms with E-state index in [-0.39, 0.29) is 11.9 Å². The van der Waals surface area contributed by atoms with Gasteiger partial charge in [-0.1, -0.05) is 37.3 Å². The van der Waals surface area contributed by atoms with Gasteiger partial charge in [0.25, 0.3) is 0 Å². The van der Waals surface area contributed by atoms with Crippen LogP contribution >= 0.6 is 0 Å². The number of carbonyl (C=O) groups excluding carboxylic acids is 1. The third-order valence-electron chi connectivity index (χ3n) is 4.07. The fourth-order valence-corrected chi connectivity index (χ4v) is 2.72. The number of amidine groups is 1. The van der Waals surface area contributed by atoms with Gasteiger partial charge in [-0.25, -0.2) is 4.79 Å². The molecule has 6 heteroatoms. The Hall–Kier alpha value is -1.46. The molecule has 2 saturated carbocycles. The normalized spacial score (nSPS) is 24.1. The van der Waals surface area contributed by atoms with Crippen LogP contribution in [-0.4, -0.2) is 28.7 Å². The maximum absolute atomic E-state index is 12.0. The van der Waals surface area contributed by atoms with E-state index in [2.05, 4.69) is 15.8 Å². The minimum absolute atomic E-state index is 0.125. The van der Waals surface area contributed by atoms with Crippen LogP contribution in [0.5, 0.6) is 0 Å². The molecule has 5 N–H and O–H groups in total. The molecule has 2 aliphatic rings. The van der Waals surface area contributed by atoms with E-state index in [1.807, 2.05) is 0 Å². The molecule has 0 aromatic carbocycles. The predicted molar refractivity (Wildman–Crippen MR) is 73.1 cm³/mol. The SMILES string of the molecule is NC(=NO)C1(NC(=O)NC2CC2)CCCCCCC1. The molecule has 0 aliphatic heterocycles. The molecule has 108 valence electrons. The van der Waals surface area contributed by atoms with Gasteiger partial charge >= 0.3 is 6.03 Å². The first-order valence-corrected chi connectivity index (χ1v) is 7.23. The summed E-state index contributed by atoms with van der Waals surface area (Å²) in [5, 5.41) is 18.0. The van der Waals surface area contributed by atoms with E-state index in [1.165, 1.54) is 6.42 Å². The number of rotatable bonds is 3. The van der Waals surface area contributed by atoms with Gasteiger partial charge in [-0.2, -0.15) is 0 Å². The molecule has 2 rings (SSSR count). The monoisotopic (exact) mass is 268 g/mol. The highest BCUT2D eigenvalue weighted by molar-refractivity contribution is 5.93. The van der Waals surface area contributed by atoms with Crippen molar-refractivity contribution < 1.29 is 10.0 Å². The maximum Gasteiger partial charge on any atom is 0.315 e. The molecule has 0 atom stereocenters. The molecule has 0 bridgehead atoms. The van der Waals surface area contributed by atoms with Crippen LogP contribution in [0, 0.1) is 0 Å². The van der Waals surface area contributed by atoms with E-state index in [0.29, 0.717) is 6.04 Å². The standard InChI is InChI=1S/C13H24N4O2/c14-11(17-19)13(8-4-2-1-3-5-9-13)16-12(18)15-10-6-7-10/h10,19H,1-9H2,(H2,14,17)(H2,15,16,18). The number of hydrogen-bond donors (Lipinski definition) is 4. The second-order valence-electron chi connectivity index (χ2n) is 5.71. The van der Waals surface area contributed by atoms with Crippen molar-refractivity contribution >= 4 is 11.9 Å². The average molecular weight is 268 g/mol. The van der Waals surface area contributed by atoms with Crippen LogP contribution in [0.25, 0.3) is 0 Å². The molecule has 0 aromatic rings. The fraction of sp³-hybridized carbons (Fsp3) is 0.846. The van der Waals surface area contributed by atoms with Crippen molar-refractivity contribution in [2.75, 3.05) is 0 Å². The lowest BCUT2D eigenvalue weighted by Gasteiger charge is -2.35. The van der Waals surface area contributed by atoms with Crippen LogP contribution in [0.4, 0.5) is 4.79 Å². The second kappa shape index (κ2) is 6.12. The molecule has 0 unspecified atom stereocenters. The predicted octanol–water partition coefficient (Wildman–Crippen LogP) is 1.68. The summed E-state index contributed by atoms with van der Waals surface area (Å²) in [6, 6.07) is 0.104.